The fraction of sp³-hybridized carbons (Fsp3) is 0.750. The van der Waals surface area contributed by atoms with Crippen LogP contribution < -0.4 is 47.9 Å². The maximum absolute atomic E-state index is 14.4. The molecule has 13 aliphatic heterocycles. The summed E-state index contributed by atoms with van der Waals surface area (Å²) in [5.41, 5.74) is 0. The molecule has 43 nitrogen and oxygen atoms in total. The second kappa shape index (κ2) is 43.5. The third kappa shape index (κ3) is 21.7. The zero-order chi connectivity index (χ0) is 91.1. The maximum Gasteiger partial charge on any atom is 0.322 e. The van der Waals surface area contributed by atoms with Crippen molar-refractivity contribution in [3.63, 3.8) is 0 Å². The summed E-state index contributed by atoms with van der Waals surface area (Å²) in [4.78, 5) is 305. The van der Waals surface area contributed by atoms with Crippen LogP contribution in [-0.4, -0.2) is 416 Å². The van der Waals surface area contributed by atoms with E-state index in [2.05, 4.69) is 47.9 Å². The lowest BCUT2D eigenvalue weighted by Crippen LogP contribution is -2.57. The van der Waals surface area contributed by atoms with Crippen LogP contribution in [0.5, 0.6) is 0 Å². The lowest BCUT2D eigenvalue weighted by Gasteiger charge is -2.32. The SMILES string of the molecule is CSCC[C@H](NC(=O)[C@@H]1CCCN1)C(=O)NCC(=O)N1CCC[C@H]1C(=O)N1CCC[C@H]1C(=O)NCC(=O)N1CCC[C@H]1C(=O)N1CCC[C@H]1C(=O)NCC(=O)N1CCC[C@H]1C(=O)N1CCC[C@H]1C(=O)NCC(=O)N1CCC[C@H]1C(=O)N1CCC[C@H]1C(=O)NCC(=O)N1CCC[C@H]1C(=O)N1CCC[C@H]1C(=O)NCC(=O)N1CCC[C@H]1C(=O)N1CCC[C@H]1C(=O)NCC(=O)O. The van der Waals surface area contributed by atoms with Crippen LogP contribution in [0.25, 0.3) is 0 Å². The number of amides is 20. The highest BCUT2D eigenvalue weighted by Crippen LogP contribution is 2.33. The number of thioether (sulfide) groups is 1. The zero-order valence-corrected chi connectivity index (χ0v) is 73.6. The van der Waals surface area contributed by atoms with E-state index in [4.69, 9.17) is 5.11 Å². The van der Waals surface area contributed by atoms with Gasteiger partial charge in [0.05, 0.1) is 45.3 Å². The molecule has 128 heavy (non-hydrogen) atoms. The second-order valence-corrected chi connectivity index (χ2v) is 36.5. The van der Waals surface area contributed by atoms with Crippen LogP contribution in [0.3, 0.4) is 0 Å². The van der Waals surface area contributed by atoms with Gasteiger partial charge in [-0.1, -0.05) is 0 Å². The van der Waals surface area contributed by atoms with E-state index in [9.17, 15) is 101 Å². The van der Waals surface area contributed by atoms with Gasteiger partial charge in [0.1, 0.15) is 85.1 Å². The van der Waals surface area contributed by atoms with Gasteiger partial charge in [-0.15, -0.1) is 0 Å². The van der Waals surface area contributed by atoms with Crippen LogP contribution in [0.4, 0.5) is 0 Å². The molecule has 0 radical (unpaired) electrons. The monoisotopic (exact) mass is 1810 g/mol. The largest absolute Gasteiger partial charge is 0.480 e. The number of carboxylic acid groups (broad SMARTS) is 1. The Morgan fingerprint density at radius 2 is 0.484 bits per heavy atom. The number of carboxylic acids is 1. The van der Waals surface area contributed by atoms with E-state index >= 15 is 0 Å². The van der Waals surface area contributed by atoms with Gasteiger partial charge in [0.25, 0.3) is 0 Å². The van der Waals surface area contributed by atoms with Crippen molar-refractivity contribution in [1.82, 2.24) is 107 Å². The Labute approximate surface area is 745 Å². The molecule has 13 rings (SSSR count). The summed E-state index contributed by atoms with van der Waals surface area (Å²) in [6.07, 6.45) is 12.9. The summed E-state index contributed by atoms with van der Waals surface area (Å²) in [5.74, 6) is -11.0. The number of rotatable bonds is 32. The molecule has 702 valence electrons. The van der Waals surface area contributed by atoms with Gasteiger partial charge in [0.15, 0.2) is 0 Å². The molecule has 13 saturated heterocycles. The normalized spacial score (nSPS) is 27.0. The van der Waals surface area contributed by atoms with Crippen LogP contribution in [0.2, 0.25) is 0 Å². The van der Waals surface area contributed by atoms with Crippen molar-refractivity contribution in [2.24, 2.45) is 0 Å². The van der Waals surface area contributed by atoms with Crippen molar-refractivity contribution in [3.8, 4) is 0 Å². The topological polar surface area (TPSA) is 526 Å². The Balaban J connectivity index is 0.518. The third-order valence-corrected chi connectivity index (χ3v) is 28.3. The maximum atomic E-state index is 14.4. The summed E-state index contributed by atoms with van der Waals surface area (Å²) in [7, 11) is 0. The molecule has 14 atom stereocenters. The molecule has 0 spiro atoms. The van der Waals surface area contributed by atoms with Gasteiger partial charge >= 0.3 is 5.97 Å². The van der Waals surface area contributed by atoms with E-state index in [1.165, 1.54) is 70.6 Å². The Hall–Kier alpha value is -10.8. The summed E-state index contributed by atoms with van der Waals surface area (Å²) >= 11 is 1.52. The third-order valence-electron chi connectivity index (χ3n) is 27.7. The van der Waals surface area contributed by atoms with Crippen molar-refractivity contribution in [3.05, 3.63) is 0 Å². The van der Waals surface area contributed by atoms with Crippen molar-refractivity contribution >= 4 is 136 Å². The highest BCUT2D eigenvalue weighted by Gasteiger charge is 2.51. The Morgan fingerprint density at radius 3 is 0.695 bits per heavy atom. The van der Waals surface area contributed by atoms with Gasteiger partial charge < -0.3 is 112 Å². The number of hydrogen-bond donors (Lipinski definition) is 10. The standard InChI is InChI=1S/C84H123N21O22S/c1-128-42-28-51(93-72(115)50-15-2-29-85-50)71(114)86-43-64(106)94-30-9-22-58(94)79(122)100-36-3-16-52(100)73(116)87-44-65(107)95-31-10-23-59(95)80(123)101-37-4-17-53(101)74(117)88-45-66(108)96-32-11-24-60(96)81(124)102-38-5-18-54(102)75(118)89-46-67(109)97-33-12-25-61(97)82(125)103-39-6-19-55(103)76(119)90-47-68(110)98-34-13-26-62(98)83(126)104-40-7-20-56(104)77(120)91-48-69(111)99-35-14-27-63(99)84(127)105-41-8-21-57(105)78(121)92-49-70(112)113/h50-63,85H,2-49H2,1H3,(H,86,114)(H,87,116)(H,88,117)(H,89,118)(H,90,119)(H,91,120)(H,92,121)(H,93,115)(H,112,113)/t50-,51-,52-,53-,54-,55-,56-,57-,58-,59-,60-,61-,62-,63-/m0/s1. The Morgan fingerprint density at radius 1 is 0.273 bits per heavy atom. The molecule has 13 aliphatic rings. The summed E-state index contributed by atoms with van der Waals surface area (Å²) in [6.45, 7) is -0.259. The van der Waals surface area contributed by atoms with Gasteiger partial charge in [0.2, 0.25) is 118 Å². The molecule has 0 bridgehead atoms. The Bertz CT molecular complexity index is 4240. The van der Waals surface area contributed by atoms with E-state index in [1.54, 1.807) is 0 Å². The molecule has 20 amide bonds. The highest BCUT2D eigenvalue weighted by molar-refractivity contribution is 7.98. The predicted molar refractivity (Wildman–Crippen MR) is 451 cm³/mol. The first kappa shape index (κ1) is 94.8. The van der Waals surface area contributed by atoms with Crippen LogP contribution in [-0.2, 0) is 101 Å². The van der Waals surface area contributed by atoms with Gasteiger partial charge in [-0.3, -0.25) is 101 Å². The van der Waals surface area contributed by atoms with E-state index in [0.29, 0.717) is 128 Å². The summed E-state index contributed by atoms with van der Waals surface area (Å²) in [5, 5.41) is 33.3. The van der Waals surface area contributed by atoms with Crippen LogP contribution in [0.15, 0.2) is 0 Å². The van der Waals surface area contributed by atoms with Gasteiger partial charge in [0, 0.05) is 78.5 Å². The number of carbonyl (C=O) groups is 21. The minimum Gasteiger partial charge on any atom is -0.480 e. The first-order valence-corrected chi connectivity index (χ1v) is 47.3. The number of nitrogens with one attached hydrogen (secondary N) is 9. The first-order chi connectivity index (χ1) is 61.6. The molecule has 0 unspecified atom stereocenters. The van der Waals surface area contributed by atoms with E-state index in [0.717, 1.165) is 6.42 Å². The van der Waals surface area contributed by atoms with Crippen molar-refractivity contribution in [1.29, 1.82) is 0 Å². The van der Waals surface area contributed by atoms with Crippen LogP contribution >= 0.6 is 11.8 Å². The lowest BCUT2D eigenvalue weighted by molar-refractivity contribution is -0.148. The quantitative estimate of drug-likeness (QED) is 0.0300. The molecular weight excluding hydrogens is 1690 g/mol. The van der Waals surface area contributed by atoms with Gasteiger partial charge in [-0.2, -0.15) is 11.8 Å². The van der Waals surface area contributed by atoms with Gasteiger partial charge in [-0.25, -0.2) is 0 Å². The molecular formula is C84H123N21O22S. The van der Waals surface area contributed by atoms with E-state index in [1.807, 2.05) is 6.26 Å². The predicted octanol–water partition coefficient (Wildman–Crippen LogP) is -6.23. The first-order valence-electron chi connectivity index (χ1n) is 45.9. The molecule has 0 aliphatic carbocycles. The van der Waals surface area contributed by atoms with E-state index in [-0.39, 0.29) is 136 Å². The average Bonchev–Trinajstić information content (AvgIpc) is 1.67. The van der Waals surface area contributed by atoms with Crippen LogP contribution in [0.1, 0.15) is 173 Å². The minimum atomic E-state index is -1.23. The molecule has 0 aromatic carbocycles. The smallest absolute Gasteiger partial charge is 0.322 e. The molecule has 0 aromatic heterocycles. The van der Waals surface area contributed by atoms with Crippen molar-refractivity contribution < 1.29 is 106 Å². The minimum absolute atomic E-state index is 0.180. The highest BCUT2D eigenvalue weighted by atomic mass is 32.2. The fourth-order valence-corrected chi connectivity index (χ4v) is 21.6. The zero-order valence-electron chi connectivity index (χ0n) is 72.8. The van der Waals surface area contributed by atoms with Crippen molar-refractivity contribution in [2.75, 3.05) is 143 Å². The second-order valence-electron chi connectivity index (χ2n) is 35.5. The van der Waals surface area contributed by atoms with Crippen LogP contribution in [0, 0.1) is 0 Å². The summed E-state index contributed by atoms with van der Waals surface area (Å²) < 4.78 is 0. The molecule has 0 aromatic rings. The number of nitrogens with zero attached hydrogens (tertiary/aromatic N) is 12. The van der Waals surface area contributed by atoms with Gasteiger partial charge in [-0.05, 0) is 192 Å². The molecule has 0 saturated carbocycles. The number of hydrogen-bond acceptors (Lipinski definition) is 23. The fourth-order valence-electron chi connectivity index (χ4n) is 21.2. The number of carbonyl (C=O) groups excluding carboxylic acids is 20. The molecule has 13 fully saturated rings. The Kier molecular flexibility index (Phi) is 32.2. The molecule has 10 N–H and O–H groups in total. The van der Waals surface area contributed by atoms with E-state index < -0.39 is 249 Å². The lowest BCUT2D eigenvalue weighted by atomic mass is 10.1. The average molecular weight is 1810 g/mol. The molecule has 13 heterocycles. The number of aliphatic carboxylic acids is 1. The summed E-state index contributed by atoms with van der Waals surface area (Å²) in [6, 6.07) is -12.6. The van der Waals surface area contributed by atoms with Crippen molar-refractivity contribution in [2.45, 2.75) is 258 Å². The number of likely N-dealkylation sites (tertiary alicyclic amines) is 12. The molecule has 44 heteroatoms.